The van der Waals surface area contributed by atoms with Gasteiger partial charge in [0.25, 0.3) is 11.1 Å². The number of carbonyl (C=O) groups is 2. The van der Waals surface area contributed by atoms with Gasteiger partial charge in [0.15, 0.2) is 0 Å². The Morgan fingerprint density at radius 2 is 1.88 bits per heavy atom. The van der Waals surface area contributed by atoms with Gasteiger partial charge in [0.05, 0.1) is 41.8 Å². The third-order valence-electron chi connectivity index (χ3n) is 6.51. The number of hydrogen-bond donors (Lipinski definition) is 1. The average Bonchev–Trinajstić information content (AvgIpc) is 3.72. The normalized spacial score (nSPS) is 15.1. The number of carbonyl (C=O) groups excluding carboxylic acids is 2. The SMILES string of the molecule is O=C1SC(=Cc2ccc3c(cnn3Cc3ccc(Cl)cc3C(F)(F)F)c2)C(=O)N1Cc1nccn1Cc1ncc[nH]1. The number of rotatable bonds is 7. The fraction of sp³-hybridized carbons (Fsp3) is 0.148. The highest BCUT2D eigenvalue weighted by Crippen LogP contribution is 2.35. The Kier molecular flexibility index (Phi) is 6.91. The van der Waals surface area contributed by atoms with Crippen LogP contribution < -0.4 is 0 Å². The van der Waals surface area contributed by atoms with Crippen LogP contribution in [0.5, 0.6) is 0 Å². The molecule has 0 saturated carbocycles. The Balaban J connectivity index is 1.20. The molecule has 1 saturated heterocycles. The van der Waals surface area contributed by atoms with E-state index in [9.17, 15) is 22.8 Å². The molecule has 9 nitrogen and oxygen atoms in total. The minimum absolute atomic E-state index is 0.000411. The summed E-state index contributed by atoms with van der Waals surface area (Å²) in [7, 11) is 0. The third-order valence-corrected chi connectivity index (χ3v) is 7.65. The van der Waals surface area contributed by atoms with E-state index in [1.807, 2.05) is 0 Å². The standard InChI is InChI=1S/C27H19ClF3N7O2S/c28-19-3-2-17(20(11-19)27(29,30)31)13-38-21-4-1-16(9-18(21)12-35-38)10-22-25(39)37(26(40)41-22)15-24-34-7-8-36(24)14-23-32-5-6-33-23/h1-12H,13-15H2,(H,32,33). The van der Waals surface area contributed by atoms with Crippen LogP contribution in [0.25, 0.3) is 17.0 Å². The molecule has 0 spiro atoms. The fourth-order valence-corrected chi connectivity index (χ4v) is 5.55. The molecule has 2 aromatic carbocycles. The first-order valence-corrected chi connectivity index (χ1v) is 13.4. The van der Waals surface area contributed by atoms with Crippen molar-refractivity contribution in [3.63, 3.8) is 0 Å². The minimum Gasteiger partial charge on any atom is -0.347 e. The third kappa shape index (κ3) is 5.50. The Bertz CT molecular complexity index is 1810. The van der Waals surface area contributed by atoms with Gasteiger partial charge in [-0.25, -0.2) is 9.97 Å². The number of aromatic amines is 1. The van der Waals surface area contributed by atoms with Gasteiger partial charge in [0, 0.05) is 35.2 Å². The molecule has 41 heavy (non-hydrogen) atoms. The molecule has 1 aliphatic rings. The monoisotopic (exact) mass is 597 g/mol. The van der Waals surface area contributed by atoms with E-state index in [4.69, 9.17) is 11.6 Å². The van der Waals surface area contributed by atoms with Crippen molar-refractivity contribution in [2.75, 3.05) is 0 Å². The number of thioether (sulfide) groups is 1. The number of aromatic nitrogens is 6. The molecule has 0 radical (unpaired) electrons. The van der Waals surface area contributed by atoms with E-state index in [2.05, 4.69) is 20.1 Å². The highest BCUT2D eigenvalue weighted by Gasteiger charge is 2.36. The van der Waals surface area contributed by atoms with Gasteiger partial charge in [-0.3, -0.25) is 19.2 Å². The zero-order valence-corrected chi connectivity index (χ0v) is 22.5. The van der Waals surface area contributed by atoms with Gasteiger partial charge in [-0.05, 0) is 53.2 Å². The average molecular weight is 598 g/mol. The number of halogens is 4. The second-order valence-corrected chi connectivity index (χ2v) is 10.6. The Labute approximate surface area is 239 Å². The molecule has 1 aliphatic heterocycles. The molecule has 208 valence electrons. The number of nitrogens with zero attached hydrogens (tertiary/aromatic N) is 6. The molecule has 1 N–H and O–H groups in total. The maximum Gasteiger partial charge on any atom is 0.416 e. The summed E-state index contributed by atoms with van der Waals surface area (Å²) in [6, 6.07) is 8.85. The molecule has 6 rings (SSSR count). The maximum atomic E-state index is 13.5. The zero-order valence-electron chi connectivity index (χ0n) is 21.0. The summed E-state index contributed by atoms with van der Waals surface area (Å²) in [6.07, 6.45) is 5.28. The number of hydrogen-bond acceptors (Lipinski definition) is 6. The lowest BCUT2D eigenvalue weighted by Gasteiger charge is -2.14. The largest absolute Gasteiger partial charge is 0.416 e. The second kappa shape index (κ2) is 10.6. The van der Waals surface area contributed by atoms with Crippen LogP contribution in [0, 0.1) is 0 Å². The molecule has 14 heteroatoms. The van der Waals surface area contributed by atoms with Crippen molar-refractivity contribution in [3.8, 4) is 0 Å². The van der Waals surface area contributed by atoms with Crippen LogP contribution in [0.3, 0.4) is 0 Å². The highest BCUT2D eigenvalue weighted by atomic mass is 35.5. The lowest BCUT2D eigenvalue weighted by Crippen LogP contribution is -2.29. The lowest BCUT2D eigenvalue weighted by atomic mass is 10.1. The summed E-state index contributed by atoms with van der Waals surface area (Å²) in [6.45, 7) is 0.313. The van der Waals surface area contributed by atoms with E-state index >= 15 is 0 Å². The van der Waals surface area contributed by atoms with E-state index < -0.39 is 22.9 Å². The van der Waals surface area contributed by atoms with Crippen molar-refractivity contribution in [1.82, 2.24) is 34.2 Å². The number of H-pyrrole nitrogens is 1. The van der Waals surface area contributed by atoms with Gasteiger partial charge in [-0.2, -0.15) is 18.3 Å². The van der Waals surface area contributed by atoms with Crippen molar-refractivity contribution >= 4 is 51.5 Å². The number of benzene rings is 2. The number of fused-ring (bicyclic) bond motifs is 1. The van der Waals surface area contributed by atoms with Crippen LogP contribution in [0.4, 0.5) is 18.0 Å². The predicted octanol–water partition coefficient (Wildman–Crippen LogP) is 5.96. The van der Waals surface area contributed by atoms with Crippen molar-refractivity contribution in [2.24, 2.45) is 0 Å². The first-order valence-electron chi connectivity index (χ1n) is 12.2. The molecule has 0 atom stereocenters. The first kappa shape index (κ1) is 26.8. The molecular weight excluding hydrogens is 579 g/mol. The number of nitrogens with one attached hydrogen (secondary N) is 1. The molecule has 0 aliphatic carbocycles. The quantitative estimate of drug-likeness (QED) is 0.232. The lowest BCUT2D eigenvalue weighted by molar-refractivity contribution is -0.138. The molecule has 0 bridgehead atoms. The molecule has 4 heterocycles. The van der Waals surface area contributed by atoms with Gasteiger partial charge >= 0.3 is 6.18 Å². The minimum atomic E-state index is -4.56. The summed E-state index contributed by atoms with van der Waals surface area (Å²) in [5, 5.41) is 4.53. The van der Waals surface area contributed by atoms with Gasteiger partial charge in [-0.15, -0.1) is 0 Å². The summed E-state index contributed by atoms with van der Waals surface area (Å²) in [5.74, 6) is 0.810. The zero-order chi connectivity index (χ0) is 28.7. The number of amides is 2. The van der Waals surface area contributed by atoms with Crippen LogP contribution >= 0.6 is 23.4 Å². The molecule has 3 aromatic heterocycles. The maximum absolute atomic E-state index is 13.5. The predicted molar refractivity (Wildman–Crippen MR) is 147 cm³/mol. The fourth-order valence-electron chi connectivity index (χ4n) is 4.54. The van der Waals surface area contributed by atoms with Crippen LogP contribution in [0.15, 0.2) is 72.3 Å². The van der Waals surface area contributed by atoms with Gasteiger partial charge in [0.2, 0.25) is 0 Å². The van der Waals surface area contributed by atoms with Gasteiger partial charge in [-0.1, -0.05) is 23.7 Å². The van der Waals surface area contributed by atoms with Crippen LogP contribution in [0.2, 0.25) is 5.02 Å². The van der Waals surface area contributed by atoms with Crippen molar-refractivity contribution in [2.45, 2.75) is 25.8 Å². The molecule has 0 unspecified atom stereocenters. The van der Waals surface area contributed by atoms with E-state index in [0.717, 1.165) is 22.7 Å². The Morgan fingerprint density at radius 3 is 2.66 bits per heavy atom. The number of imidazole rings is 2. The number of alkyl halides is 3. The molecular formula is C27H19ClF3N7O2S. The summed E-state index contributed by atoms with van der Waals surface area (Å²) < 4.78 is 43.9. The smallest absolute Gasteiger partial charge is 0.347 e. The van der Waals surface area contributed by atoms with E-state index in [0.29, 0.717) is 34.7 Å². The van der Waals surface area contributed by atoms with Gasteiger partial charge in [0.1, 0.15) is 11.6 Å². The summed E-state index contributed by atoms with van der Waals surface area (Å²) in [4.78, 5) is 38.7. The van der Waals surface area contributed by atoms with E-state index in [-0.39, 0.29) is 28.6 Å². The van der Waals surface area contributed by atoms with Gasteiger partial charge < -0.3 is 9.55 Å². The van der Waals surface area contributed by atoms with Crippen LogP contribution in [-0.2, 0) is 30.6 Å². The highest BCUT2D eigenvalue weighted by molar-refractivity contribution is 8.18. The van der Waals surface area contributed by atoms with Crippen LogP contribution in [0.1, 0.15) is 28.3 Å². The Hall–Kier alpha value is -4.36. The van der Waals surface area contributed by atoms with Crippen molar-refractivity contribution < 1.29 is 22.8 Å². The molecule has 2 amide bonds. The van der Waals surface area contributed by atoms with Crippen molar-refractivity contribution in [1.29, 1.82) is 0 Å². The molecule has 1 fully saturated rings. The number of imide groups is 1. The first-order chi connectivity index (χ1) is 19.7. The van der Waals surface area contributed by atoms with E-state index in [1.54, 1.807) is 59.8 Å². The summed E-state index contributed by atoms with van der Waals surface area (Å²) >= 11 is 6.63. The molecule has 5 aromatic rings. The van der Waals surface area contributed by atoms with Crippen molar-refractivity contribution in [3.05, 3.63) is 106 Å². The summed E-state index contributed by atoms with van der Waals surface area (Å²) in [5.41, 5.74) is 0.477. The Morgan fingerprint density at radius 1 is 1.02 bits per heavy atom. The topological polar surface area (TPSA) is 102 Å². The second-order valence-electron chi connectivity index (χ2n) is 9.19. The van der Waals surface area contributed by atoms with E-state index in [1.165, 1.54) is 16.8 Å². The van der Waals surface area contributed by atoms with Crippen LogP contribution in [-0.4, -0.2) is 45.3 Å².